The van der Waals surface area contributed by atoms with E-state index in [1.807, 2.05) is 49.4 Å². The van der Waals surface area contributed by atoms with Crippen LogP contribution in [0.15, 0.2) is 54.7 Å². The topological polar surface area (TPSA) is 77.6 Å². The molecule has 0 bridgehead atoms. The van der Waals surface area contributed by atoms with Gasteiger partial charge in [0.2, 0.25) is 5.78 Å². The van der Waals surface area contributed by atoms with Gasteiger partial charge in [-0.1, -0.05) is 36.4 Å². The average molecular weight is 379 g/mol. The first-order valence-corrected chi connectivity index (χ1v) is 8.81. The summed E-state index contributed by atoms with van der Waals surface area (Å²) in [4.78, 5) is 27.3. The second-order valence-corrected chi connectivity index (χ2v) is 6.03. The van der Waals surface area contributed by atoms with Crippen LogP contribution in [0.25, 0.3) is 17.0 Å². The summed E-state index contributed by atoms with van der Waals surface area (Å²) in [5.41, 5.74) is 2.30. The molecule has 0 unspecified atom stereocenters. The molecular weight excluding hydrogens is 358 g/mol. The number of hydrogen-bond acceptors (Lipinski definition) is 5. The maximum atomic E-state index is 12.3. The molecule has 0 fully saturated rings. The van der Waals surface area contributed by atoms with Crippen molar-refractivity contribution in [3.63, 3.8) is 0 Å². The minimum atomic E-state index is -0.632. The molecule has 0 aliphatic rings. The number of allylic oxidation sites excluding steroid dienone is 1. The molecule has 0 aliphatic heterocycles. The van der Waals surface area contributed by atoms with Crippen molar-refractivity contribution in [3.8, 4) is 11.5 Å². The van der Waals surface area contributed by atoms with Crippen LogP contribution >= 0.6 is 0 Å². The lowest BCUT2D eigenvalue weighted by Gasteiger charge is -2.11. The Hall–Kier alpha value is -3.54. The quantitative estimate of drug-likeness (QED) is 0.473. The number of ether oxygens (including phenoxy) is 3. The predicted molar refractivity (Wildman–Crippen MR) is 107 cm³/mol. The normalized spacial score (nSPS) is 10.9. The molecule has 3 aromatic rings. The monoisotopic (exact) mass is 379 g/mol. The molecule has 0 spiro atoms. The van der Waals surface area contributed by atoms with Crippen LogP contribution in [0.3, 0.4) is 0 Å². The van der Waals surface area contributed by atoms with E-state index in [1.54, 1.807) is 18.3 Å². The summed E-state index contributed by atoms with van der Waals surface area (Å²) >= 11 is 0. The summed E-state index contributed by atoms with van der Waals surface area (Å²) in [6.07, 6.45) is 5.46. The number of carbonyl (C=O) groups excluding carboxylic acids is 2. The van der Waals surface area contributed by atoms with Crippen molar-refractivity contribution in [1.29, 1.82) is 0 Å². The van der Waals surface area contributed by atoms with Crippen molar-refractivity contribution in [2.75, 3.05) is 20.3 Å². The molecular formula is C22H21NO5. The van der Waals surface area contributed by atoms with Gasteiger partial charge in [0.25, 0.3) is 0 Å². The number of aromatic amines is 1. The van der Waals surface area contributed by atoms with Crippen molar-refractivity contribution in [2.24, 2.45) is 0 Å². The van der Waals surface area contributed by atoms with Gasteiger partial charge in [0, 0.05) is 22.7 Å². The maximum Gasteiger partial charge on any atom is 0.344 e. The fourth-order valence-electron chi connectivity index (χ4n) is 2.80. The number of benzene rings is 2. The zero-order valence-electron chi connectivity index (χ0n) is 15.7. The first-order chi connectivity index (χ1) is 13.6. The van der Waals surface area contributed by atoms with Crippen molar-refractivity contribution in [1.82, 2.24) is 4.98 Å². The highest BCUT2D eigenvalue weighted by molar-refractivity contribution is 6.08. The maximum absolute atomic E-state index is 12.3. The van der Waals surface area contributed by atoms with Crippen molar-refractivity contribution in [2.45, 2.75) is 6.92 Å². The molecule has 1 N–H and O–H groups in total. The molecule has 0 aliphatic carbocycles. The number of aromatic nitrogens is 1. The fourth-order valence-corrected chi connectivity index (χ4v) is 2.80. The number of ketones is 1. The highest BCUT2D eigenvalue weighted by Crippen LogP contribution is 2.28. The molecule has 0 saturated carbocycles. The van der Waals surface area contributed by atoms with Crippen LogP contribution in [0.2, 0.25) is 0 Å². The summed E-state index contributed by atoms with van der Waals surface area (Å²) in [6, 6.07) is 12.8. The van der Waals surface area contributed by atoms with Crippen LogP contribution in [-0.4, -0.2) is 37.1 Å². The van der Waals surface area contributed by atoms with E-state index in [4.69, 9.17) is 14.2 Å². The third kappa shape index (κ3) is 4.40. The zero-order valence-corrected chi connectivity index (χ0v) is 15.7. The molecule has 1 heterocycles. The van der Waals surface area contributed by atoms with Gasteiger partial charge in [0.05, 0.1) is 7.11 Å². The number of hydrogen-bond donors (Lipinski definition) is 1. The Kier molecular flexibility index (Phi) is 6.11. The van der Waals surface area contributed by atoms with Crippen LogP contribution in [0.1, 0.15) is 22.8 Å². The van der Waals surface area contributed by atoms with E-state index in [9.17, 15) is 9.59 Å². The molecule has 6 heteroatoms. The molecule has 0 radical (unpaired) electrons. The Bertz CT molecular complexity index is 1020. The van der Waals surface area contributed by atoms with E-state index in [-0.39, 0.29) is 19.0 Å². The summed E-state index contributed by atoms with van der Waals surface area (Å²) in [5.74, 6) is 0.0285. The number of Topliss-reactive ketones (excluding diaryl/α,β-unsaturated/α-hetero) is 1. The number of carbonyl (C=O) groups is 2. The van der Waals surface area contributed by atoms with E-state index in [0.29, 0.717) is 17.1 Å². The van der Waals surface area contributed by atoms with Crippen molar-refractivity contribution < 1.29 is 23.8 Å². The number of H-pyrrole nitrogens is 1. The number of esters is 1. The summed E-state index contributed by atoms with van der Waals surface area (Å²) in [5, 5.41) is 0.797. The van der Waals surface area contributed by atoms with Gasteiger partial charge in [0.1, 0.15) is 0 Å². The number of methoxy groups -OCH3 is 1. The van der Waals surface area contributed by atoms with Gasteiger partial charge in [-0.3, -0.25) is 4.79 Å². The summed E-state index contributed by atoms with van der Waals surface area (Å²) in [7, 11) is 1.53. The highest BCUT2D eigenvalue weighted by atomic mass is 16.6. The minimum Gasteiger partial charge on any atom is -0.493 e. The Morgan fingerprint density at radius 1 is 1.07 bits per heavy atom. The van der Waals surface area contributed by atoms with Crippen LogP contribution in [-0.2, 0) is 9.53 Å². The standard InChI is InChI=1S/C22H21NO5/c1-3-6-15-9-10-20(21(11-15)26-2)27-14-22(25)28-13-19(24)17-12-23-18-8-5-4-7-16(17)18/h3-12,23H,13-14H2,1-2H3/b6-3+. The number of nitrogens with one attached hydrogen (secondary N) is 1. The van der Waals surface area contributed by atoms with Gasteiger partial charge in [-0.05, 0) is 30.7 Å². The van der Waals surface area contributed by atoms with Gasteiger partial charge >= 0.3 is 5.97 Å². The molecule has 6 nitrogen and oxygen atoms in total. The Labute approximate surface area is 162 Å². The second kappa shape index (κ2) is 8.90. The highest BCUT2D eigenvalue weighted by Gasteiger charge is 2.15. The molecule has 0 saturated heterocycles. The van der Waals surface area contributed by atoms with Gasteiger partial charge in [-0.25, -0.2) is 4.79 Å². The first-order valence-electron chi connectivity index (χ1n) is 8.81. The summed E-state index contributed by atoms with van der Waals surface area (Å²) in [6.45, 7) is 1.26. The zero-order chi connectivity index (χ0) is 19.9. The number of para-hydroxylation sites is 1. The van der Waals surface area contributed by atoms with Crippen LogP contribution in [0.4, 0.5) is 0 Å². The van der Waals surface area contributed by atoms with E-state index in [0.717, 1.165) is 16.5 Å². The van der Waals surface area contributed by atoms with Crippen molar-refractivity contribution in [3.05, 3.63) is 65.9 Å². The third-order valence-corrected chi connectivity index (χ3v) is 4.15. The fraction of sp³-hybridized carbons (Fsp3) is 0.182. The van der Waals surface area contributed by atoms with Crippen LogP contribution < -0.4 is 9.47 Å². The molecule has 2 aromatic carbocycles. The van der Waals surface area contributed by atoms with Gasteiger partial charge < -0.3 is 19.2 Å². The minimum absolute atomic E-state index is 0.279. The molecule has 144 valence electrons. The van der Waals surface area contributed by atoms with Crippen LogP contribution in [0, 0.1) is 0 Å². The molecule has 0 amide bonds. The lowest BCUT2D eigenvalue weighted by Crippen LogP contribution is -2.19. The van der Waals surface area contributed by atoms with Gasteiger partial charge in [-0.15, -0.1) is 0 Å². The third-order valence-electron chi connectivity index (χ3n) is 4.15. The first kappa shape index (κ1) is 19.2. The Balaban J connectivity index is 1.55. The molecule has 3 rings (SSSR count). The lowest BCUT2D eigenvalue weighted by molar-refractivity contribution is -0.144. The van der Waals surface area contributed by atoms with E-state index < -0.39 is 5.97 Å². The van der Waals surface area contributed by atoms with Crippen LogP contribution in [0.5, 0.6) is 11.5 Å². The van der Waals surface area contributed by atoms with E-state index in [2.05, 4.69) is 4.98 Å². The lowest BCUT2D eigenvalue weighted by atomic mass is 10.1. The molecule has 0 atom stereocenters. The van der Waals surface area contributed by atoms with E-state index in [1.165, 1.54) is 7.11 Å². The SMILES string of the molecule is C/C=C/c1ccc(OCC(=O)OCC(=O)c2c[nH]c3ccccc23)c(OC)c1. The molecule has 28 heavy (non-hydrogen) atoms. The van der Waals surface area contributed by atoms with Gasteiger partial charge in [-0.2, -0.15) is 0 Å². The second-order valence-electron chi connectivity index (χ2n) is 6.03. The Morgan fingerprint density at radius 3 is 2.68 bits per heavy atom. The summed E-state index contributed by atoms with van der Waals surface area (Å²) < 4.78 is 15.8. The van der Waals surface area contributed by atoms with E-state index >= 15 is 0 Å². The predicted octanol–water partition coefficient (Wildman–Crippen LogP) is 4.01. The Morgan fingerprint density at radius 2 is 1.89 bits per heavy atom. The number of rotatable bonds is 8. The average Bonchev–Trinajstić information content (AvgIpc) is 3.15. The smallest absolute Gasteiger partial charge is 0.344 e. The number of fused-ring (bicyclic) bond motifs is 1. The van der Waals surface area contributed by atoms with Gasteiger partial charge in [0.15, 0.2) is 24.7 Å². The van der Waals surface area contributed by atoms with Crippen molar-refractivity contribution >= 4 is 28.7 Å². The molecule has 1 aromatic heterocycles. The largest absolute Gasteiger partial charge is 0.493 e.